The molecule has 3 heterocycles. The van der Waals surface area contributed by atoms with E-state index < -0.39 is 11.2 Å². The number of hydrogen-bond acceptors (Lipinski definition) is 5. The molecule has 0 saturated heterocycles. The summed E-state index contributed by atoms with van der Waals surface area (Å²) in [6.07, 6.45) is 3.79. The predicted octanol–water partition coefficient (Wildman–Crippen LogP) is 0.246. The van der Waals surface area contributed by atoms with E-state index in [-0.39, 0.29) is 63.5 Å². The Labute approximate surface area is 183 Å². The van der Waals surface area contributed by atoms with Crippen molar-refractivity contribution in [3.8, 4) is 5.88 Å². The molecule has 0 saturated carbocycles. The van der Waals surface area contributed by atoms with Crippen molar-refractivity contribution >= 4 is 46.5 Å². The second-order valence-electron chi connectivity index (χ2n) is 6.84. The third-order valence-electron chi connectivity index (χ3n) is 4.95. The molecule has 0 atom stereocenters. The van der Waals surface area contributed by atoms with Gasteiger partial charge in [-0.1, -0.05) is 33.1 Å². The van der Waals surface area contributed by atoms with Crippen LogP contribution in [0.3, 0.4) is 0 Å². The molecule has 3 aromatic heterocycles. The molecule has 9 nitrogen and oxygen atoms in total. The molecule has 10 heteroatoms. The van der Waals surface area contributed by atoms with Crippen LogP contribution >= 0.6 is 0 Å². The second-order valence-corrected chi connectivity index (χ2v) is 6.84. The number of aryl methyl sites for hydroxylation is 2. The summed E-state index contributed by atoms with van der Waals surface area (Å²) in [5.41, 5.74) is -0.864. The van der Waals surface area contributed by atoms with Crippen LogP contribution in [0.4, 0.5) is 0 Å². The zero-order valence-electron chi connectivity index (χ0n) is 16.2. The van der Waals surface area contributed by atoms with E-state index in [1.54, 1.807) is 0 Å². The van der Waals surface area contributed by atoms with E-state index >= 15 is 0 Å². The molecule has 1 N–H and O–H groups in total. The first-order valence-corrected chi connectivity index (χ1v) is 9.27. The number of imidazole rings is 1. The molecule has 0 aliphatic carbocycles. The van der Waals surface area contributed by atoms with Crippen molar-refractivity contribution in [2.24, 2.45) is 14.1 Å². The van der Waals surface area contributed by atoms with Crippen LogP contribution in [0.25, 0.3) is 16.9 Å². The summed E-state index contributed by atoms with van der Waals surface area (Å²) in [6.45, 7) is 4.42. The molecular formula is C18H26N5NaO4. The average Bonchev–Trinajstić information content (AvgIpc) is 3.05. The maximum atomic E-state index is 13.0. The Balaban J connectivity index is 0.00000280. The van der Waals surface area contributed by atoms with Gasteiger partial charge in [0.1, 0.15) is 0 Å². The third-order valence-corrected chi connectivity index (χ3v) is 4.95. The Bertz CT molecular complexity index is 1200. The first kappa shape index (κ1) is 22.4. The summed E-state index contributed by atoms with van der Waals surface area (Å²) >= 11 is 0. The third kappa shape index (κ3) is 3.35. The van der Waals surface area contributed by atoms with Crippen LogP contribution < -0.4 is 16.8 Å². The van der Waals surface area contributed by atoms with Gasteiger partial charge in [-0.05, 0) is 12.8 Å². The van der Waals surface area contributed by atoms with E-state index in [4.69, 9.17) is 0 Å². The normalized spacial score (nSPS) is 11.3. The molecule has 0 radical (unpaired) electrons. The van der Waals surface area contributed by atoms with Gasteiger partial charge in [0, 0.05) is 20.6 Å². The van der Waals surface area contributed by atoms with Crippen LogP contribution in [0.5, 0.6) is 5.88 Å². The van der Waals surface area contributed by atoms with Gasteiger partial charge >= 0.3 is 35.2 Å². The predicted molar refractivity (Wildman–Crippen MR) is 110 cm³/mol. The Morgan fingerprint density at radius 3 is 2.25 bits per heavy atom. The second kappa shape index (κ2) is 8.67. The van der Waals surface area contributed by atoms with Gasteiger partial charge < -0.3 is 5.11 Å². The van der Waals surface area contributed by atoms with Crippen LogP contribution in [0.1, 0.15) is 45.1 Å². The number of hydrogen-bond donors (Lipinski definition) is 1. The van der Waals surface area contributed by atoms with E-state index in [9.17, 15) is 19.5 Å². The van der Waals surface area contributed by atoms with Gasteiger partial charge in [-0.25, -0.2) is 9.20 Å². The fourth-order valence-electron chi connectivity index (χ4n) is 3.44. The molecule has 0 amide bonds. The minimum atomic E-state index is -0.558. The Kier molecular flexibility index (Phi) is 6.95. The van der Waals surface area contributed by atoms with Gasteiger partial charge in [0.2, 0.25) is 11.7 Å². The number of aromatic hydroxyl groups is 1. The van der Waals surface area contributed by atoms with Crippen LogP contribution in [0.2, 0.25) is 0 Å². The average molecular weight is 399 g/mol. The van der Waals surface area contributed by atoms with Gasteiger partial charge in [0.05, 0.1) is 5.56 Å². The molecule has 0 unspecified atom stereocenters. The van der Waals surface area contributed by atoms with E-state index in [0.29, 0.717) is 19.4 Å². The molecule has 0 spiro atoms. The topological polar surface area (TPSA) is 104 Å². The monoisotopic (exact) mass is 399 g/mol. The van der Waals surface area contributed by atoms with Crippen molar-refractivity contribution in [3.05, 3.63) is 36.8 Å². The molecule has 0 aliphatic rings. The van der Waals surface area contributed by atoms with E-state index in [1.807, 2.05) is 6.92 Å². The number of unbranched alkanes of at least 4 members (excludes halogenated alkanes) is 2. The Morgan fingerprint density at radius 2 is 1.64 bits per heavy atom. The molecule has 28 heavy (non-hydrogen) atoms. The fraction of sp³-hybridized carbons (Fsp3) is 0.556. The zero-order chi connectivity index (χ0) is 19.9. The summed E-state index contributed by atoms with van der Waals surface area (Å²) in [5, 5.41) is 10.8. The van der Waals surface area contributed by atoms with Crippen LogP contribution in [-0.2, 0) is 27.1 Å². The summed E-state index contributed by atoms with van der Waals surface area (Å²) < 4.78 is 5.05. The molecule has 0 aromatic carbocycles. The van der Waals surface area contributed by atoms with Crippen molar-refractivity contribution in [1.82, 2.24) is 23.1 Å². The molecule has 0 bridgehead atoms. The summed E-state index contributed by atoms with van der Waals surface area (Å²) in [7, 11) is 2.89. The molecule has 148 valence electrons. The number of aromatic nitrogens is 5. The molecule has 0 fully saturated rings. The molecule has 3 rings (SSSR count). The molecule has 3 aromatic rings. The number of rotatable bonds is 6. The SMILES string of the molecule is CCCCCn1c(=O)c(CCC)c(O)n2c3c(=O)n(C)c(=O)n(C)c3nc12.[NaH]. The summed E-state index contributed by atoms with van der Waals surface area (Å²) in [4.78, 5) is 42.3. The van der Waals surface area contributed by atoms with Crippen molar-refractivity contribution in [2.75, 3.05) is 0 Å². The van der Waals surface area contributed by atoms with E-state index in [1.165, 1.54) is 27.6 Å². The number of nitrogens with zero attached hydrogens (tertiary/aromatic N) is 5. The summed E-state index contributed by atoms with van der Waals surface area (Å²) in [6, 6.07) is 0. The van der Waals surface area contributed by atoms with E-state index in [2.05, 4.69) is 11.9 Å². The van der Waals surface area contributed by atoms with Crippen LogP contribution in [0.15, 0.2) is 14.4 Å². The Hall–Kier alpha value is -1.84. The fourth-order valence-corrected chi connectivity index (χ4v) is 3.44. The summed E-state index contributed by atoms with van der Waals surface area (Å²) in [5.74, 6) is -0.0939. The van der Waals surface area contributed by atoms with Crippen molar-refractivity contribution in [3.63, 3.8) is 0 Å². The van der Waals surface area contributed by atoms with Crippen molar-refractivity contribution in [1.29, 1.82) is 0 Å². The Morgan fingerprint density at radius 1 is 0.964 bits per heavy atom. The van der Waals surface area contributed by atoms with Gasteiger partial charge in [0.15, 0.2) is 11.2 Å². The van der Waals surface area contributed by atoms with E-state index in [0.717, 1.165) is 23.8 Å². The van der Waals surface area contributed by atoms with Crippen LogP contribution in [0, 0.1) is 0 Å². The zero-order valence-corrected chi connectivity index (χ0v) is 16.2. The standard InChI is InChI=1S/C18H25N5O4.Na.H/c1-5-7-8-10-22-14(24)11(9-6-2)15(25)23-12-13(19-17(22)23)20(3)18(27)21(4)16(12)26;;/h25H,5-10H2,1-4H3;;. The van der Waals surface area contributed by atoms with Crippen molar-refractivity contribution < 1.29 is 5.11 Å². The number of fused-ring (bicyclic) bond motifs is 3. The van der Waals surface area contributed by atoms with Crippen molar-refractivity contribution in [2.45, 2.75) is 52.5 Å². The minimum absolute atomic E-state index is 0. The molecular weight excluding hydrogens is 373 g/mol. The van der Waals surface area contributed by atoms with Gasteiger partial charge in [-0.15, -0.1) is 0 Å². The molecule has 0 aliphatic heterocycles. The first-order valence-electron chi connectivity index (χ1n) is 9.27. The van der Waals surface area contributed by atoms with Gasteiger partial charge in [-0.3, -0.25) is 23.3 Å². The van der Waals surface area contributed by atoms with Gasteiger partial charge in [0.25, 0.3) is 11.1 Å². The quantitative estimate of drug-likeness (QED) is 0.473. The maximum absolute atomic E-state index is 13.0. The van der Waals surface area contributed by atoms with Gasteiger partial charge in [-0.2, -0.15) is 4.98 Å². The van der Waals surface area contributed by atoms with Crippen LogP contribution in [-0.4, -0.2) is 57.7 Å². The first-order chi connectivity index (χ1) is 12.8.